The summed E-state index contributed by atoms with van der Waals surface area (Å²) in [7, 11) is 0. The highest BCUT2D eigenvalue weighted by molar-refractivity contribution is 6.05. The van der Waals surface area contributed by atoms with Gasteiger partial charge in [-0.3, -0.25) is 9.69 Å². The van der Waals surface area contributed by atoms with Crippen molar-refractivity contribution in [2.24, 2.45) is 0 Å². The molecule has 0 fully saturated rings. The first kappa shape index (κ1) is 21.9. The molecule has 0 aliphatic rings. The number of para-hydroxylation sites is 1. The molecular formula is C25H25NO5. The molecular weight excluding hydrogens is 394 g/mol. The van der Waals surface area contributed by atoms with Crippen LogP contribution in [0.3, 0.4) is 0 Å². The molecule has 0 saturated heterocycles. The summed E-state index contributed by atoms with van der Waals surface area (Å²) in [6, 6.07) is 20.7. The Bertz CT molecular complexity index is 1030. The molecule has 1 amide bonds. The van der Waals surface area contributed by atoms with Gasteiger partial charge in [-0.15, -0.1) is 0 Å². The third-order valence-electron chi connectivity index (χ3n) is 4.61. The Morgan fingerprint density at radius 3 is 2.03 bits per heavy atom. The van der Waals surface area contributed by atoms with E-state index in [0.29, 0.717) is 29.5 Å². The van der Waals surface area contributed by atoms with E-state index in [1.165, 1.54) is 17.9 Å². The fourth-order valence-electron chi connectivity index (χ4n) is 3.08. The minimum absolute atomic E-state index is 0.0549. The summed E-state index contributed by atoms with van der Waals surface area (Å²) in [5.74, 6) is 0.670. The van der Waals surface area contributed by atoms with Gasteiger partial charge in [-0.1, -0.05) is 25.5 Å². The molecule has 1 N–H and O–H groups in total. The van der Waals surface area contributed by atoms with Gasteiger partial charge in [0.15, 0.2) is 0 Å². The SMILES string of the molecule is CCCCOc1ccc(Oc2ccc(N(C(C)=O)c3ccccc3C(=O)O)cc2)cc1. The highest BCUT2D eigenvalue weighted by Crippen LogP contribution is 2.31. The molecule has 31 heavy (non-hydrogen) atoms. The minimum atomic E-state index is -1.09. The summed E-state index contributed by atoms with van der Waals surface area (Å²) in [6.07, 6.45) is 2.10. The van der Waals surface area contributed by atoms with E-state index in [2.05, 4.69) is 6.92 Å². The van der Waals surface area contributed by atoms with Gasteiger partial charge in [0.25, 0.3) is 0 Å². The molecule has 0 aliphatic carbocycles. The number of ether oxygens (including phenoxy) is 2. The summed E-state index contributed by atoms with van der Waals surface area (Å²) >= 11 is 0. The van der Waals surface area contributed by atoms with Crippen LogP contribution in [0.5, 0.6) is 17.2 Å². The fraction of sp³-hybridized carbons (Fsp3) is 0.200. The number of hydrogen-bond acceptors (Lipinski definition) is 4. The Balaban J connectivity index is 1.75. The number of rotatable bonds is 9. The maximum absolute atomic E-state index is 12.3. The van der Waals surface area contributed by atoms with Crippen molar-refractivity contribution >= 4 is 23.3 Å². The van der Waals surface area contributed by atoms with Crippen LogP contribution in [-0.2, 0) is 4.79 Å². The van der Waals surface area contributed by atoms with Gasteiger partial charge in [0.2, 0.25) is 5.91 Å². The molecule has 0 aliphatic heterocycles. The molecule has 0 aromatic heterocycles. The number of carboxylic acids is 1. The summed E-state index contributed by atoms with van der Waals surface area (Å²) in [4.78, 5) is 25.3. The molecule has 3 aromatic carbocycles. The van der Waals surface area contributed by atoms with E-state index in [0.717, 1.165) is 18.6 Å². The molecule has 3 aromatic rings. The molecule has 3 rings (SSSR count). The molecule has 0 heterocycles. The third-order valence-corrected chi connectivity index (χ3v) is 4.61. The molecule has 0 bridgehead atoms. The smallest absolute Gasteiger partial charge is 0.337 e. The van der Waals surface area contributed by atoms with E-state index in [1.54, 1.807) is 42.5 Å². The number of carboxylic acid groups (broad SMARTS) is 1. The normalized spacial score (nSPS) is 10.4. The maximum atomic E-state index is 12.3. The average Bonchev–Trinajstić information content (AvgIpc) is 2.76. The van der Waals surface area contributed by atoms with E-state index < -0.39 is 5.97 Å². The van der Waals surface area contributed by atoms with Crippen molar-refractivity contribution in [1.29, 1.82) is 0 Å². The molecule has 6 heteroatoms. The van der Waals surface area contributed by atoms with Crippen molar-refractivity contribution in [1.82, 2.24) is 0 Å². The molecule has 0 unspecified atom stereocenters. The second-order valence-electron chi connectivity index (χ2n) is 6.95. The number of carbonyl (C=O) groups excluding carboxylic acids is 1. The molecule has 0 saturated carbocycles. The zero-order chi connectivity index (χ0) is 22.2. The van der Waals surface area contributed by atoms with Crippen molar-refractivity contribution < 1.29 is 24.2 Å². The van der Waals surface area contributed by atoms with E-state index in [1.807, 2.05) is 24.3 Å². The van der Waals surface area contributed by atoms with Crippen LogP contribution in [0.1, 0.15) is 37.0 Å². The van der Waals surface area contributed by atoms with Crippen LogP contribution < -0.4 is 14.4 Å². The third kappa shape index (κ3) is 5.63. The standard InChI is InChI=1S/C25H25NO5/c1-3-4-17-30-20-13-15-22(16-14-20)31-21-11-9-19(10-12-21)26(18(2)27)24-8-6-5-7-23(24)25(28)29/h5-16H,3-4,17H2,1-2H3,(H,28,29). The average molecular weight is 419 g/mol. The van der Waals surface area contributed by atoms with Crippen LogP contribution in [0.4, 0.5) is 11.4 Å². The summed E-state index contributed by atoms with van der Waals surface area (Å²) in [5.41, 5.74) is 0.919. The quantitative estimate of drug-likeness (QED) is 0.428. The molecule has 0 spiro atoms. The van der Waals surface area contributed by atoms with E-state index in [-0.39, 0.29) is 11.5 Å². The lowest BCUT2D eigenvalue weighted by Gasteiger charge is -2.23. The van der Waals surface area contributed by atoms with Crippen LogP contribution in [-0.4, -0.2) is 23.6 Å². The number of unbranched alkanes of at least 4 members (excludes halogenated alkanes) is 1. The lowest BCUT2D eigenvalue weighted by molar-refractivity contribution is -0.115. The zero-order valence-corrected chi connectivity index (χ0v) is 17.6. The second-order valence-corrected chi connectivity index (χ2v) is 6.95. The zero-order valence-electron chi connectivity index (χ0n) is 17.6. The van der Waals surface area contributed by atoms with Crippen LogP contribution in [0.25, 0.3) is 0 Å². The number of benzene rings is 3. The Labute approximate surface area is 181 Å². The van der Waals surface area contributed by atoms with Gasteiger partial charge in [-0.25, -0.2) is 4.79 Å². The van der Waals surface area contributed by atoms with Crippen LogP contribution >= 0.6 is 0 Å². The van der Waals surface area contributed by atoms with Gasteiger partial charge in [0, 0.05) is 12.6 Å². The number of carbonyl (C=O) groups is 2. The predicted molar refractivity (Wildman–Crippen MR) is 120 cm³/mol. The van der Waals surface area contributed by atoms with Gasteiger partial charge in [-0.05, 0) is 67.1 Å². The molecule has 160 valence electrons. The van der Waals surface area contributed by atoms with Crippen molar-refractivity contribution in [3.05, 3.63) is 78.4 Å². The number of aromatic carboxylic acids is 1. The first-order chi connectivity index (χ1) is 15.0. The lowest BCUT2D eigenvalue weighted by atomic mass is 10.1. The number of nitrogens with zero attached hydrogens (tertiary/aromatic N) is 1. The lowest BCUT2D eigenvalue weighted by Crippen LogP contribution is -2.24. The molecule has 6 nitrogen and oxygen atoms in total. The number of hydrogen-bond donors (Lipinski definition) is 1. The summed E-state index contributed by atoms with van der Waals surface area (Å²) < 4.78 is 11.5. The Kier molecular flexibility index (Phi) is 7.27. The first-order valence-electron chi connectivity index (χ1n) is 10.1. The maximum Gasteiger partial charge on any atom is 0.337 e. The van der Waals surface area contributed by atoms with Gasteiger partial charge in [0.05, 0.1) is 17.9 Å². The molecule has 0 radical (unpaired) electrons. The van der Waals surface area contributed by atoms with Crippen LogP contribution in [0.2, 0.25) is 0 Å². The van der Waals surface area contributed by atoms with Crippen molar-refractivity contribution in [2.45, 2.75) is 26.7 Å². The Hall–Kier alpha value is -3.80. The monoisotopic (exact) mass is 419 g/mol. The van der Waals surface area contributed by atoms with E-state index in [4.69, 9.17) is 9.47 Å². The van der Waals surface area contributed by atoms with Gasteiger partial charge < -0.3 is 14.6 Å². The Morgan fingerprint density at radius 1 is 0.871 bits per heavy atom. The second kappa shape index (κ2) is 10.3. The van der Waals surface area contributed by atoms with Crippen molar-refractivity contribution in [2.75, 3.05) is 11.5 Å². The van der Waals surface area contributed by atoms with Gasteiger partial charge in [-0.2, -0.15) is 0 Å². The number of anilines is 2. The minimum Gasteiger partial charge on any atom is -0.494 e. The van der Waals surface area contributed by atoms with E-state index >= 15 is 0 Å². The van der Waals surface area contributed by atoms with E-state index in [9.17, 15) is 14.7 Å². The van der Waals surface area contributed by atoms with Crippen LogP contribution in [0.15, 0.2) is 72.8 Å². The fourth-order valence-corrected chi connectivity index (χ4v) is 3.08. The highest BCUT2D eigenvalue weighted by Gasteiger charge is 2.20. The predicted octanol–water partition coefficient (Wildman–Crippen LogP) is 6.04. The van der Waals surface area contributed by atoms with Crippen molar-refractivity contribution in [3.63, 3.8) is 0 Å². The topological polar surface area (TPSA) is 76.1 Å². The first-order valence-corrected chi connectivity index (χ1v) is 10.1. The van der Waals surface area contributed by atoms with Gasteiger partial charge >= 0.3 is 5.97 Å². The summed E-state index contributed by atoms with van der Waals surface area (Å²) in [5, 5.41) is 9.46. The Morgan fingerprint density at radius 2 is 1.45 bits per heavy atom. The molecule has 0 atom stereocenters. The van der Waals surface area contributed by atoms with Crippen molar-refractivity contribution in [3.8, 4) is 17.2 Å². The summed E-state index contributed by atoms with van der Waals surface area (Å²) in [6.45, 7) is 4.20. The largest absolute Gasteiger partial charge is 0.494 e. The highest BCUT2D eigenvalue weighted by atomic mass is 16.5. The van der Waals surface area contributed by atoms with Gasteiger partial charge in [0.1, 0.15) is 17.2 Å². The van der Waals surface area contributed by atoms with Crippen LogP contribution in [0, 0.1) is 0 Å². The number of amides is 1.